The summed E-state index contributed by atoms with van der Waals surface area (Å²) in [6.07, 6.45) is 0. The number of fused-ring (bicyclic) bond motifs is 1. The zero-order valence-electron chi connectivity index (χ0n) is 9.78. The summed E-state index contributed by atoms with van der Waals surface area (Å²) in [6.45, 7) is 4.25. The lowest BCUT2D eigenvalue weighted by Gasteiger charge is -2.18. The minimum absolute atomic E-state index is 1.04. The average molecular weight is 335 g/mol. The molecule has 0 spiro atoms. The second kappa shape index (κ2) is 4.33. The molecule has 2 heteroatoms. The number of hydrogen-bond acceptors (Lipinski definition) is 1. The highest BCUT2D eigenvalue weighted by molar-refractivity contribution is 14.1. The van der Waals surface area contributed by atoms with Crippen LogP contribution in [0.5, 0.6) is 0 Å². The summed E-state index contributed by atoms with van der Waals surface area (Å²) >= 11 is 2.39. The third-order valence-corrected chi connectivity index (χ3v) is 4.56. The molecular formula is C15H14IN. The Balaban J connectivity index is 1.91. The summed E-state index contributed by atoms with van der Waals surface area (Å²) in [6, 6.07) is 15.4. The predicted octanol–water partition coefficient (Wildman–Crippen LogP) is 4.12. The van der Waals surface area contributed by atoms with Crippen molar-refractivity contribution < 1.29 is 0 Å². The first-order chi connectivity index (χ1) is 8.24. The van der Waals surface area contributed by atoms with Crippen LogP contribution in [0, 0.1) is 10.5 Å². The van der Waals surface area contributed by atoms with E-state index in [9.17, 15) is 0 Å². The van der Waals surface area contributed by atoms with E-state index >= 15 is 0 Å². The van der Waals surface area contributed by atoms with Gasteiger partial charge in [-0.15, -0.1) is 0 Å². The highest BCUT2D eigenvalue weighted by Gasteiger charge is 2.18. The van der Waals surface area contributed by atoms with Gasteiger partial charge in [0.15, 0.2) is 0 Å². The SMILES string of the molecule is Cc1cc(N2Cc3ccccc3C2)ccc1I. The van der Waals surface area contributed by atoms with Crippen molar-refractivity contribution in [2.24, 2.45) is 0 Å². The molecule has 2 aromatic carbocycles. The molecule has 1 heterocycles. The lowest BCUT2D eigenvalue weighted by Crippen LogP contribution is -2.14. The van der Waals surface area contributed by atoms with Gasteiger partial charge in [-0.1, -0.05) is 24.3 Å². The second-order valence-electron chi connectivity index (χ2n) is 4.56. The Kier molecular flexibility index (Phi) is 2.82. The van der Waals surface area contributed by atoms with Gasteiger partial charge in [-0.25, -0.2) is 0 Å². The number of halogens is 1. The van der Waals surface area contributed by atoms with E-state index in [2.05, 4.69) is 76.9 Å². The van der Waals surface area contributed by atoms with Crippen LogP contribution in [0.4, 0.5) is 5.69 Å². The van der Waals surface area contributed by atoms with Crippen LogP contribution in [-0.4, -0.2) is 0 Å². The predicted molar refractivity (Wildman–Crippen MR) is 80.2 cm³/mol. The van der Waals surface area contributed by atoms with Crippen molar-refractivity contribution in [2.75, 3.05) is 4.90 Å². The monoisotopic (exact) mass is 335 g/mol. The smallest absolute Gasteiger partial charge is 0.0436 e. The van der Waals surface area contributed by atoms with Crippen LogP contribution in [-0.2, 0) is 13.1 Å². The molecule has 0 radical (unpaired) electrons. The summed E-state index contributed by atoms with van der Waals surface area (Å²) in [7, 11) is 0. The molecule has 86 valence electrons. The van der Waals surface area contributed by atoms with E-state index in [0.29, 0.717) is 0 Å². The van der Waals surface area contributed by atoms with E-state index in [0.717, 1.165) is 13.1 Å². The first-order valence-electron chi connectivity index (χ1n) is 5.82. The van der Waals surface area contributed by atoms with E-state index in [-0.39, 0.29) is 0 Å². The molecule has 1 aliphatic rings. The second-order valence-corrected chi connectivity index (χ2v) is 5.72. The quantitative estimate of drug-likeness (QED) is 0.709. The van der Waals surface area contributed by atoms with Crippen LogP contribution in [0.3, 0.4) is 0 Å². The maximum atomic E-state index is 2.44. The lowest BCUT2D eigenvalue weighted by atomic mass is 10.1. The Morgan fingerprint density at radius 1 is 1.00 bits per heavy atom. The fourth-order valence-corrected chi connectivity index (χ4v) is 2.68. The normalized spacial score (nSPS) is 13.9. The Hall–Kier alpha value is -1.03. The van der Waals surface area contributed by atoms with E-state index in [4.69, 9.17) is 0 Å². The first kappa shape index (κ1) is 11.1. The molecule has 1 aliphatic heterocycles. The molecule has 0 unspecified atom stereocenters. The summed E-state index contributed by atoms with van der Waals surface area (Å²) in [5, 5.41) is 0. The number of anilines is 1. The number of nitrogens with zero attached hydrogens (tertiary/aromatic N) is 1. The van der Waals surface area contributed by atoms with Gasteiger partial charge in [0.25, 0.3) is 0 Å². The van der Waals surface area contributed by atoms with Gasteiger partial charge in [-0.3, -0.25) is 0 Å². The fraction of sp³-hybridized carbons (Fsp3) is 0.200. The molecule has 0 N–H and O–H groups in total. The molecule has 17 heavy (non-hydrogen) atoms. The van der Waals surface area contributed by atoms with Gasteiger partial charge in [0, 0.05) is 22.3 Å². The zero-order valence-corrected chi connectivity index (χ0v) is 11.9. The molecule has 0 atom stereocenters. The highest BCUT2D eigenvalue weighted by Crippen LogP contribution is 2.29. The van der Waals surface area contributed by atoms with Crippen LogP contribution in [0.2, 0.25) is 0 Å². The summed E-state index contributed by atoms with van der Waals surface area (Å²) < 4.78 is 1.34. The van der Waals surface area contributed by atoms with E-state index in [1.807, 2.05) is 0 Å². The van der Waals surface area contributed by atoms with Gasteiger partial charge in [0.2, 0.25) is 0 Å². The van der Waals surface area contributed by atoms with Crippen molar-refractivity contribution in [1.82, 2.24) is 0 Å². The number of aryl methyl sites for hydroxylation is 1. The van der Waals surface area contributed by atoms with Crippen LogP contribution in [0.15, 0.2) is 42.5 Å². The van der Waals surface area contributed by atoms with Gasteiger partial charge >= 0.3 is 0 Å². The van der Waals surface area contributed by atoms with Crippen LogP contribution < -0.4 is 4.90 Å². The Labute approximate surface area is 116 Å². The van der Waals surface area contributed by atoms with Crippen LogP contribution in [0.1, 0.15) is 16.7 Å². The summed E-state index contributed by atoms with van der Waals surface area (Å²) in [5.74, 6) is 0. The Morgan fingerprint density at radius 3 is 2.24 bits per heavy atom. The maximum Gasteiger partial charge on any atom is 0.0436 e. The van der Waals surface area contributed by atoms with Crippen LogP contribution in [0.25, 0.3) is 0 Å². The molecule has 0 saturated heterocycles. The summed E-state index contributed by atoms with van der Waals surface area (Å²) in [5.41, 5.74) is 5.62. The lowest BCUT2D eigenvalue weighted by molar-refractivity contribution is 0.879. The molecule has 0 aliphatic carbocycles. The first-order valence-corrected chi connectivity index (χ1v) is 6.90. The molecule has 3 rings (SSSR count). The average Bonchev–Trinajstić information content (AvgIpc) is 2.76. The van der Waals surface area contributed by atoms with Crippen molar-refractivity contribution in [3.63, 3.8) is 0 Å². The van der Waals surface area contributed by atoms with Gasteiger partial charge in [0.1, 0.15) is 0 Å². The van der Waals surface area contributed by atoms with Crippen molar-refractivity contribution >= 4 is 28.3 Å². The minimum atomic E-state index is 1.04. The van der Waals surface area contributed by atoms with Crippen molar-refractivity contribution in [1.29, 1.82) is 0 Å². The van der Waals surface area contributed by atoms with E-state index in [1.165, 1.54) is 25.9 Å². The Bertz CT molecular complexity index is 538. The molecule has 0 amide bonds. The van der Waals surface area contributed by atoms with Gasteiger partial charge in [0.05, 0.1) is 0 Å². The highest BCUT2D eigenvalue weighted by atomic mass is 127. The van der Waals surface area contributed by atoms with Crippen molar-refractivity contribution in [2.45, 2.75) is 20.0 Å². The number of benzene rings is 2. The Morgan fingerprint density at radius 2 is 1.65 bits per heavy atom. The molecule has 0 bridgehead atoms. The number of hydrogen-bond donors (Lipinski definition) is 0. The van der Waals surface area contributed by atoms with Crippen molar-refractivity contribution in [3.8, 4) is 0 Å². The molecule has 0 aromatic heterocycles. The van der Waals surface area contributed by atoms with Gasteiger partial charge < -0.3 is 4.90 Å². The third kappa shape index (κ3) is 2.06. The number of rotatable bonds is 1. The third-order valence-electron chi connectivity index (χ3n) is 3.35. The molecular weight excluding hydrogens is 321 g/mol. The van der Waals surface area contributed by atoms with E-state index in [1.54, 1.807) is 0 Å². The maximum absolute atomic E-state index is 2.44. The van der Waals surface area contributed by atoms with Crippen LogP contribution >= 0.6 is 22.6 Å². The zero-order chi connectivity index (χ0) is 11.8. The van der Waals surface area contributed by atoms with E-state index < -0.39 is 0 Å². The fourth-order valence-electron chi connectivity index (χ4n) is 2.34. The summed E-state index contributed by atoms with van der Waals surface area (Å²) in [4.78, 5) is 2.44. The standard InChI is InChI=1S/C15H14IN/c1-11-8-14(6-7-15(11)16)17-9-12-4-2-3-5-13(12)10-17/h2-8H,9-10H2,1H3. The minimum Gasteiger partial charge on any atom is -0.363 e. The van der Waals surface area contributed by atoms with Gasteiger partial charge in [-0.05, 0) is 64.4 Å². The topological polar surface area (TPSA) is 3.24 Å². The largest absolute Gasteiger partial charge is 0.363 e. The molecule has 1 nitrogen and oxygen atoms in total. The van der Waals surface area contributed by atoms with Crippen molar-refractivity contribution in [3.05, 3.63) is 62.7 Å². The molecule has 0 fully saturated rings. The van der Waals surface area contributed by atoms with Gasteiger partial charge in [-0.2, -0.15) is 0 Å². The molecule has 0 saturated carbocycles. The molecule has 2 aromatic rings.